The Balaban J connectivity index is 1.92. The smallest absolute Gasteiger partial charge is 0.307 e. The van der Waals surface area contributed by atoms with Gasteiger partial charge in [0.15, 0.2) is 6.10 Å². The molecule has 1 aromatic rings. The van der Waals surface area contributed by atoms with E-state index in [0.717, 1.165) is 0 Å². The number of fused-ring (bicyclic) bond motifs is 1. The fraction of sp³-hybridized carbons (Fsp3) is 0.500. The van der Waals surface area contributed by atoms with E-state index in [4.69, 9.17) is 9.47 Å². The van der Waals surface area contributed by atoms with Gasteiger partial charge in [-0.1, -0.05) is 12.1 Å². The van der Waals surface area contributed by atoms with E-state index >= 15 is 0 Å². The first kappa shape index (κ1) is 18.8. The SMILES string of the molecule is CCOC(=O)CCN(C)C(=O)CCN1C(=O)C(C)Oc2ccccc21. The normalized spacial score (nSPS) is 16.0. The van der Waals surface area contributed by atoms with Gasteiger partial charge in [-0.05, 0) is 26.0 Å². The number of para-hydroxylation sites is 2. The number of ether oxygens (including phenoxy) is 2. The fourth-order valence-electron chi connectivity index (χ4n) is 2.60. The van der Waals surface area contributed by atoms with Gasteiger partial charge >= 0.3 is 5.97 Å². The number of rotatable bonds is 7. The van der Waals surface area contributed by atoms with Gasteiger partial charge in [0.2, 0.25) is 5.91 Å². The third-order valence-electron chi connectivity index (χ3n) is 4.01. The summed E-state index contributed by atoms with van der Waals surface area (Å²) in [5, 5.41) is 0. The van der Waals surface area contributed by atoms with Crippen molar-refractivity contribution in [3.63, 3.8) is 0 Å². The number of anilines is 1. The molecular weight excluding hydrogens is 324 g/mol. The summed E-state index contributed by atoms with van der Waals surface area (Å²) in [5.74, 6) is 0.0142. The van der Waals surface area contributed by atoms with E-state index in [9.17, 15) is 14.4 Å². The van der Waals surface area contributed by atoms with Crippen molar-refractivity contribution < 1.29 is 23.9 Å². The van der Waals surface area contributed by atoms with Crippen LogP contribution >= 0.6 is 0 Å². The highest BCUT2D eigenvalue weighted by Crippen LogP contribution is 2.33. The molecule has 1 aliphatic heterocycles. The predicted molar refractivity (Wildman–Crippen MR) is 92.4 cm³/mol. The van der Waals surface area contributed by atoms with Gasteiger partial charge in [-0.25, -0.2) is 0 Å². The Morgan fingerprint density at radius 2 is 2.00 bits per heavy atom. The summed E-state index contributed by atoms with van der Waals surface area (Å²) in [5.41, 5.74) is 0.674. The molecule has 25 heavy (non-hydrogen) atoms. The molecule has 1 heterocycles. The molecule has 1 aromatic carbocycles. The summed E-state index contributed by atoms with van der Waals surface area (Å²) < 4.78 is 10.4. The summed E-state index contributed by atoms with van der Waals surface area (Å²) in [7, 11) is 1.64. The lowest BCUT2D eigenvalue weighted by Crippen LogP contribution is -2.46. The zero-order valence-electron chi connectivity index (χ0n) is 14.9. The lowest BCUT2D eigenvalue weighted by atomic mass is 10.1. The molecule has 7 nitrogen and oxygen atoms in total. The van der Waals surface area contributed by atoms with E-state index in [-0.39, 0.29) is 37.2 Å². The van der Waals surface area contributed by atoms with Gasteiger partial charge in [-0.15, -0.1) is 0 Å². The Labute approximate surface area is 147 Å². The second-order valence-electron chi connectivity index (χ2n) is 5.84. The van der Waals surface area contributed by atoms with Gasteiger partial charge in [-0.3, -0.25) is 14.4 Å². The summed E-state index contributed by atoms with van der Waals surface area (Å²) in [6.45, 7) is 4.32. The van der Waals surface area contributed by atoms with E-state index in [0.29, 0.717) is 24.6 Å². The standard InChI is InChI=1S/C18H24N2O5/c1-4-24-17(22)10-11-19(3)16(21)9-12-20-14-7-5-6-8-15(14)25-13(2)18(20)23/h5-8,13H,4,9-12H2,1-3H3. The summed E-state index contributed by atoms with van der Waals surface area (Å²) in [4.78, 5) is 39.1. The van der Waals surface area contributed by atoms with Crippen LogP contribution < -0.4 is 9.64 Å². The van der Waals surface area contributed by atoms with Gasteiger partial charge in [0.05, 0.1) is 18.7 Å². The predicted octanol–water partition coefficient (Wildman–Crippen LogP) is 1.60. The van der Waals surface area contributed by atoms with Crippen molar-refractivity contribution >= 4 is 23.5 Å². The first-order valence-corrected chi connectivity index (χ1v) is 8.40. The van der Waals surface area contributed by atoms with Crippen LogP contribution in [0, 0.1) is 0 Å². The molecule has 0 saturated carbocycles. The zero-order chi connectivity index (χ0) is 18.4. The zero-order valence-corrected chi connectivity index (χ0v) is 14.9. The summed E-state index contributed by atoms with van der Waals surface area (Å²) in [6.07, 6.45) is -0.245. The number of carbonyl (C=O) groups excluding carboxylic acids is 3. The largest absolute Gasteiger partial charge is 0.479 e. The van der Waals surface area contributed by atoms with E-state index in [2.05, 4.69) is 0 Å². The Morgan fingerprint density at radius 3 is 2.72 bits per heavy atom. The molecule has 0 N–H and O–H groups in total. The van der Waals surface area contributed by atoms with Crippen LogP contribution in [0.25, 0.3) is 0 Å². The molecule has 1 aliphatic rings. The van der Waals surface area contributed by atoms with Crippen LogP contribution in [-0.4, -0.2) is 55.5 Å². The van der Waals surface area contributed by atoms with Crippen molar-refractivity contribution in [2.24, 2.45) is 0 Å². The average Bonchev–Trinajstić information content (AvgIpc) is 2.60. The Kier molecular flexibility index (Phi) is 6.38. The maximum Gasteiger partial charge on any atom is 0.307 e. The quantitative estimate of drug-likeness (QED) is 0.700. The van der Waals surface area contributed by atoms with E-state index in [1.165, 1.54) is 4.90 Å². The maximum atomic E-state index is 12.4. The van der Waals surface area contributed by atoms with Gasteiger partial charge in [0.25, 0.3) is 5.91 Å². The van der Waals surface area contributed by atoms with Gasteiger partial charge in [0, 0.05) is 26.6 Å². The third kappa shape index (κ3) is 4.71. The molecule has 2 amide bonds. The number of carbonyl (C=O) groups is 3. The van der Waals surface area contributed by atoms with Crippen molar-refractivity contribution in [1.82, 2.24) is 4.90 Å². The number of hydrogen-bond acceptors (Lipinski definition) is 5. The van der Waals surface area contributed by atoms with Crippen molar-refractivity contribution in [1.29, 1.82) is 0 Å². The lowest BCUT2D eigenvalue weighted by molar-refractivity contribution is -0.143. The van der Waals surface area contributed by atoms with Crippen LogP contribution in [-0.2, 0) is 19.1 Å². The minimum absolute atomic E-state index is 0.131. The van der Waals surface area contributed by atoms with Gasteiger partial charge in [0.1, 0.15) is 5.75 Å². The van der Waals surface area contributed by atoms with E-state index in [1.807, 2.05) is 12.1 Å². The first-order chi connectivity index (χ1) is 11.9. The lowest BCUT2D eigenvalue weighted by Gasteiger charge is -2.33. The van der Waals surface area contributed by atoms with Crippen molar-refractivity contribution in [2.75, 3.05) is 31.6 Å². The number of esters is 1. The van der Waals surface area contributed by atoms with Crippen molar-refractivity contribution in [3.8, 4) is 5.75 Å². The van der Waals surface area contributed by atoms with E-state index in [1.54, 1.807) is 37.9 Å². The molecule has 1 atom stereocenters. The van der Waals surface area contributed by atoms with Crippen molar-refractivity contribution in [3.05, 3.63) is 24.3 Å². The summed E-state index contributed by atoms with van der Waals surface area (Å²) in [6, 6.07) is 7.27. The highest BCUT2D eigenvalue weighted by molar-refractivity contribution is 6.00. The van der Waals surface area contributed by atoms with Crippen LogP contribution in [0.5, 0.6) is 5.75 Å². The van der Waals surface area contributed by atoms with Crippen LogP contribution in [0.3, 0.4) is 0 Å². The number of benzene rings is 1. The Hall–Kier alpha value is -2.57. The molecule has 0 fully saturated rings. The topological polar surface area (TPSA) is 76.2 Å². The molecular formula is C18H24N2O5. The van der Waals surface area contributed by atoms with Gasteiger partial charge in [-0.2, -0.15) is 0 Å². The minimum Gasteiger partial charge on any atom is -0.479 e. The van der Waals surface area contributed by atoms with Crippen LogP contribution in [0.4, 0.5) is 5.69 Å². The van der Waals surface area contributed by atoms with E-state index < -0.39 is 6.10 Å². The molecule has 0 spiro atoms. The molecule has 0 saturated heterocycles. The molecule has 1 unspecified atom stereocenters. The highest BCUT2D eigenvalue weighted by atomic mass is 16.5. The summed E-state index contributed by atoms with van der Waals surface area (Å²) >= 11 is 0. The highest BCUT2D eigenvalue weighted by Gasteiger charge is 2.31. The maximum absolute atomic E-state index is 12.4. The molecule has 0 aliphatic carbocycles. The molecule has 2 rings (SSSR count). The molecule has 0 aromatic heterocycles. The molecule has 7 heteroatoms. The molecule has 136 valence electrons. The average molecular weight is 348 g/mol. The first-order valence-electron chi connectivity index (χ1n) is 8.40. The number of hydrogen-bond donors (Lipinski definition) is 0. The second-order valence-corrected chi connectivity index (χ2v) is 5.84. The van der Waals surface area contributed by atoms with Crippen molar-refractivity contribution in [2.45, 2.75) is 32.8 Å². The molecule has 0 bridgehead atoms. The minimum atomic E-state index is -0.577. The van der Waals surface area contributed by atoms with Crippen LogP contribution in [0.2, 0.25) is 0 Å². The van der Waals surface area contributed by atoms with Crippen LogP contribution in [0.15, 0.2) is 24.3 Å². The fourth-order valence-corrected chi connectivity index (χ4v) is 2.60. The third-order valence-corrected chi connectivity index (χ3v) is 4.01. The monoisotopic (exact) mass is 348 g/mol. The Bertz CT molecular complexity index is 646. The van der Waals surface area contributed by atoms with Gasteiger partial charge < -0.3 is 19.3 Å². The van der Waals surface area contributed by atoms with Crippen LogP contribution in [0.1, 0.15) is 26.7 Å². The molecule has 0 radical (unpaired) electrons. The second kappa shape index (κ2) is 8.50. The number of nitrogens with zero attached hydrogens (tertiary/aromatic N) is 2. The Morgan fingerprint density at radius 1 is 1.28 bits per heavy atom. The number of amides is 2.